The number of nitrogens with zero attached hydrogens (tertiary/aromatic N) is 2. The molecule has 0 saturated heterocycles. The number of esters is 1. The number of aryl methyl sites for hydroxylation is 1. The lowest BCUT2D eigenvalue weighted by Gasteiger charge is -2.38. The molecule has 0 unspecified atom stereocenters. The fraction of sp³-hybridized carbons (Fsp3) is 0.414. The third-order valence-corrected chi connectivity index (χ3v) is 6.88. The molecular weight excluding hydrogens is 494 g/mol. The smallest absolute Gasteiger partial charge is 0.314 e. The van der Waals surface area contributed by atoms with Crippen LogP contribution in [0.4, 0.5) is 8.78 Å². The van der Waals surface area contributed by atoms with Gasteiger partial charge in [-0.3, -0.25) is 9.69 Å². The van der Waals surface area contributed by atoms with Gasteiger partial charge >= 0.3 is 5.97 Å². The number of carbonyl (C=O) groups excluding carboxylic acids is 2. The molecule has 0 spiro atoms. The predicted octanol–water partition coefficient (Wildman–Crippen LogP) is 5.59. The minimum Gasteiger partial charge on any atom is -0.437 e. The molecule has 7 nitrogen and oxygen atoms in total. The van der Waals surface area contributed by atoms with Gasteiger partial charge in [0.05, 0.1) is 17.0 Å². The van der Waals surface area contributed by atoms with Crippen molar-refractivity contribution >= 4 is 12.3 Å². The van der Waals surface area contributed by atoms with Crippen molar-refractivity contribution in [3.63, 3.8) is 0 Å². The van der Waals surface area contributed by atoms with Crippen LogP contribution in [0.2, 0.25) is 0 Å². The van der Waals surface area contributed by atoms with Gasteiger partial charge in [-0.25, -0.2) is 8.78 Å². The Morgan fingerprint density at radius 1 is 1.11 bits per heavy atom. The number of fused-ring (bicyclic) bond motifs is 1. The van der Waals surface area contributed by atoms with Crippen molar-refractivity contribution in [2.45, 2.75) is 58.0 Å². The molecule has 1 aromatic heterocycles. The van der Waals surface area contributed by atoms with Crippen molar-refractivity contribution in [3.05, 3.63) is 82.6 Å². The monoisotopic (exact) mass is 526 g/mol. The largest absolute Gasteiger partial charge is 0.437 e. The molecule has 0 saturated carbocycles. The van der Waals surface area contributed by atoms with Crippen molar-refractivity contribution in [2.75, 3.05) is 13.8 Å². The lowest BCUT2D eigenvalue weighted by molar-refractivity contribution is -0.159. The maximum atomic E-state index is 13.7. The molecule has 202 valence electrons. The molecule has 1 heterocycles. The Morgan fingerprint density at radius 2 is 1.68 bits per heavy atom. The summed E-state index contributed by atoms with van der Waals surface area (Å²) in [7, 11) is 1.83. The van der Waals surface area contributed by atoms with Crippen LogP contribution in [0.25, 0.3) is 0 Å². The average molecular weight is 527 g/mol. The predicted molar refractivity (Wildman–Crippen MR) is 135 cm³/mol. The number of hydrogen-bond donors (Lipinski definition) is 0. The average Bonchev–Trinajstić information content (AvgIpc) is 3.31. The van der Waals surface area contributed by atoms with Gasteiger partial charge in [-0.1, -0.05) is 24.3 Å². The topological polar surface area (TPSA) is 81.9 Å². The summed E-state index contributed by atoms with van der Waals surface area (Å²) in [6.45, 7) is 4.92. The Balaban J connectivity index is 1.64. The molecule has 0 radical (unpaired) electrons. The summed E-state index contributed by atoms with van der Waals surface area (Å²) in [4.78, 5) is 26.7. The number of hydrogen-bond acceptors (Lipinski definition) is 7. The number of benzene rings is 2. The Hall–Kier alpha value is -3.59. The van der Waals surface area contributed by atoms with Gasteiger partial charge in [0.2, 0.25) is 6.79 Å². The number of aromatic nitrogens is 1. The third-order valence-electron chi connectivity index (χ3n) is 6.88. The van der Waals surface area contributed by atoms with Crippen LogP contribution in [0.3, 0.4) is 0 Å². The highest BCUT2D eigenvalue weighted by atomic mass is 19.1. The molecule has 3 aromatic rings. The van der Waals surface area contributed by atoms with Crippen molar-refractivity contribution < 1.29 is 32.4 Å². The highest BCUT2D eigenvalue weighted by molar-refractivity contribution is 5.75. The summed E-state index contributed by atoms with van der Waals surface area (Å²) in [6, 6.07) is 10.9. The summed E-state index contributed by atoms with van der Waals surface area (Å²) in [6.07, 6.45) is 3.01. The van der Waals surface area contributed by atoms with Crippen LogP contribution in [0, 0.1) is 17.0 Å². The number of rotatable bonds is 9. The molecular formula is C29H32F2N2O5. The van der Waals surface area contributed by atoms with Crippen LogP contribution in [-0.2, 0) is 20.7 Å². The lowest BCUT2D eigenvalue weighted by atomic mass is 9.83. The van der Waals surface area contributed by atoms with E-state index in [0.29, 0.717) is 35.3 Å². The second kappa shape index (κ2) is 11.4. The van der Waals surface area contributed by atoms with E-state index in [1.807, 2.05) is 11.9 Å². The maximum absolute atomic E-state index is 13.7. The Morgan fingerprint density at radius 3 is 2.21 bits per heavy atom. The van der Waals surface area contributed by atoms with Gasteiger partial charge in [0.1, 0.15) is 23.7 Å². The molecule has 0 amide bonds. The van der Waals surface area contributed by atoms with Crippen LogP contribution in [0.5, 0.6) is 5.88 Å². The van der Waals surface area contributed by atoms with Crippen LogP contribution in [-0.4, -0.2) is 42.2 Å². The molecule has 2 atom stereocenters. The van der Waals surface area contributed by atoms with E-state index in [9.17, 15) is 18.4 Å². The first kappa shape index (κ1) is 27.4. The fourth-order valence-electron chi connectivity index (χ4n) is 4.83. The van der Waals surface area contributed by atoms with E-state index in [4.69, 9.17) is 14.0 Å². The summed E-state index contributed by atoms with van der Waals surface area (Å²) in [5.41, 5.74) is 1.46. The van der Waals surface area contributed by atoms with Crippen LogP contribution >= 0.6 is 0 Å². The second-order valence-electron chi connectivity index (χ2n) is 10.5. The normalized spacial score (nSPS) is 16.3. The lowest BCUT2D eigenvalue weighted by Crippen LogP contribution is -2.42. The summed E-state index contributed by atoms with van der Waals surface area (Å²) in [5.74, 6) is -0.832. The molecule has 2 aromatic carbocycles. The first-order chi connectivity index (χ1) is 18.1. The second-order valence-corrected chi connectivity index (χ2v) is 10.5. The standard InChI is InChI=1S/C29H32F2N2O5/c1-29(2,3)28(35)37-17-36-27-26-22(6-5-7-24(26)38-32-27)33(4)23(16-34)25(18-8-12-20(30)13-9-18)19-10-14-21(31)15-11-19/h8-16,22-23,25H,5-7,17H2,1-4H3/t22-,23-/m0/s1. The molecule has 38 heavy (non-hydrogen) atoms. The van der Waals surface area contributed by atoms with Crippen LogP contribution < -0.4 is 4.74 Å². The number of likely N-dealkylation sites (N-methyl/N-ethyl adjacent to an activating group) is 1. The highest BCUT2D eigenvalue weighted by Crippen LogP contribution is 2.42. The van der Waals surface area contributed by atoms with Crippen molar-refractivity contribution in [3.8, 4) is 5.88 Å². The van der Waals surface area contributed by atoms with E-state index >= 15 is 0 Å². The summed E-state index contributed by atoms with van der Waals surface area (Å²) in [5, 5.41) is 4.07. The minimum absolute atomic E-state index is 0.211. The Bertz CT molecular complexity index is 1210. The molecule has 0 fully saturated rings. The number of carbonyl (C=O) groups is 2. The zero-order valence-electron chi connectivity index (χ0n) is 21.9. The molecule has 0 aliphatic heterocycles. The Kier molecular flexibility index (Phi) is 8.26. The zero-order valence-corrected chi connectivity index (χ0v) is 21.9. The highest BCUT2D eigenvalue weighted by Gasteiger charge is 2.38. The van der Waals surface area contributed by atoms with Crippen molar-refractivity contribution in [1.82, 2.24) is 10.1 Å². The zero-order chi connectivity index (χ0) is 27.4. The van der Waals surface area contributed by atoms with E-state index in [1.54, 1.807) is 45.0 Å². The molecule has 4 rings (SSSR count). The van der Waals surface area contributed by atoms with Gasteiger partial charge in [-0.2, -0.15) is 0 Å². The van der Waals surface area contributed by atoms with Gasteiger partial charge in [0.15, 0.2) is 0 Å². The quantitative estimate of drug-likeness (QED) is 0.204. The molecule has 9 heteroatoms. The van der Waals surface area contributed by atoms with Crippen LogP contribution in [0.15, 0.2) is 53.1 Å². The van der Waals surface area contributed by atoms with Gasteiger partial charge in [0.25, 0.3) is 5.88 Å². The molecule has 0 bridgehead atoms. The molecule has 1 aliphatic rings. The van der Waals surface area contributed by atoms with Gasteiger partial charge in [0, 0.05) is 18.4 Å². The Labute approximate surface area is 220 Å². The summed E-state index contributed by atoms with van der Waals surface area (Å²) < 4.78 is 44.0. The number of ether oxygens (including phenoxy) is 2. The van der Waals surface area contributed by atoms with Gasteiger partial charge < -0.3 is 18.8 Å². The fourth-order valence-corrected chi connectivity index (χ4v) is 4.83. The van der Waals surface area contributed by atoms with Crippen molar-refractivity contribution in [1.29, 1.82) is 0 Å². The van der Waals surface area contributed by atoms with E-state index in [0.717, 1.165) is 12.7 Å². The molecule has 0 N–H and O–H groups in total. The number of halogens is 2. The van der Waals surface area contributed by atoms with E-state index in [2.05, 4.69) is 5.16 Å². The first-order valence-corrected chi connectivity index (χ1v) is 12.6. The third kappa shape index (κ3) is 5.93. The van der Waals surface area contributed by atoms with E-state index < -0.39 is 35.0 Å². The SMILES string of the molecule is CN([C@H]1CCCc2onc(OCOC(=O)C(C)(C)C)c21)[C@@H](C=O)C(c1ccc(F)cc1)c1ccc(F)cc1. The summed E-state index contributed by atoms with van der Waals surface area (Å²) >= 11 is 0. The van der Waals surface area contributed by atoms with E-state index in [-0.39, 0.29) is 18.7 Å². The first-order valence-electron chi connectivity index (χ1n) is 12.6. The molecule has 1 aliphatic carbocycles. The minimum atomic E-state index is -0.691. The van der Waals surface area contributed by atoms with Crippen molar-refractivity contribution in [2.24, 2.45) is 5.41 Å². The van der Waals surface area contributed by atoms with Gasteiger partial charge in [-0.05, 0) is 81.2 Å². The van der Waals surface area contributed by atoms with Crippen LogP contribution in [0.1, 0.15) is 68.0 Å². The number of aldehydes is 1. The van der Waals surface area contributed by atoms with E-state index in [1.165, 1.54) is 24.3 Å². The van der Waals surface area contributed by atoms with Gasteiger partial charge in [-0.15, -0.1) is 0 Å². The maximum Gasteiger partial charge on any atom is 0.314 e.